The van der Waals surface area contributed by atoms with E-state index >= 15 is 0 Å². The lowest BCUT2D eigenvalue weighted by Gasteiger charge is -2.18. The average Bonchev–Trinajstić information content (AvgIpc) is 2.66. The van der Waals surface area contributed by atoms with Crippen molar-refractivity contribution in [2.75, 3.05) is 25.4 Å². The molecule has 0 fully saturated rings. The monoisotopic (exact) mass is 284 g/mol. The molecule has 19 heavy (non-hydrogen) atoms. The summed E-state index contributed by atoms with van der Waals surface area (Å²) >= 11 is 1.11. The van der Waals surface area contributed by atoms with Crippen LogP contribution < -0.4 is 5.73 Å². The van der Waals surface area contributed by atoms with Crippen LogP contribution in [0.4, 0.5) is 5.00 Å². The topological polar surface area (TPSA) is 72.6 Å². The second kappa shape index (κ2) is 6.56. The van der Waals surface area contributed by atoms with Gasteiger partial charge in [0.25, 0.3) is 5.91 Å². The van der Waals surface area contributed by atoms with Gasteiger partial charge in [0.2, 0.25) is 0 Å². The lowest BCUT2D eigenvalue weighted by atomic mass is 10.1. The number of carbonyl (C=O) groups is 2. The summed E-state index contributed by atoms with van der Waals surface area (Å²) in [5.74, 6) is -0.554. The molecule has 0 aliphatic carbocycles. The third-order valence-electron chi connectivity index (χ3n) is 2.90. The predicted molar refractivity (Wildman–Crippen MR) is 76.7 cm³/mol. The Bertz CT molecular complexity index is 478. The van der Waals surface area contributed by atoms with Crippen LogP contribution >= 0.6 is 11.3 Å². The number of nitrogens with two attached hydrogens (primary N) is 1. The van der Waals surface area contributed by atoms with Crippen molar-refractivity contribution in [3.8, 4) is 0 Å². The highest BCUT2D eigenvalue weighted by atomic mass is 32.1. The quantitative estimate of drug-likeness (QED) is 0.842. The Labute approximate surface area is 117 Å². The van der Waals surface area contributed by atoms with Gasteiger partial charge in [-0.15, -0.1) is 11.3 Å². The number of rotatable bonds is 5. The minimum atomic E-state index is -0.421. The molecule has 5 nitrogen and oxygen atoms in total. The zero-order valence-electron chi connectivity index (χ0n) is 11.8. The van der Waals surface area contributed by atoms with Crippen LogP contribution in [0.1, 0.15) is 46.4 Å². The van der Waals surface area contributed by atoms with E-state index in [1.165, 1.54) is 0 Å². The van der Waals surface area contributed by atoms with Gasteiger partial charge in [0, 0.05) is 13.1 Å². The minimum absolute atomic E-state index is 0.133. The highest BCUT2D eigenvalue weighted by Gasteiger charge is 2.26. The lowest BCUT2D eigenvalue weighted by Crippen LogP contribution is -2.31. The maximum absolute atomic E-state index is 12.3. The standard InChI is InChI=1S/C13H20N2O3S/c1-5-15(6-2)12(16)9-8(4)10(19-11(9)14)13(17)18-7-3/h5-7,14H2,1-4H3. The molecule has 0 aliphatic heterocycles. The van der Waals surface area contributed by atoms with Gasteiger partial charge in [-0.25, -0.2) is 4.79 Å². The molecule has 6 heteroatoms. The van der Waals surface area contributed by atoms with Crippen molar-refractivity contribution in [3.05, 3.63) is 16.0 Å². The van der Waals surface area contributed by atoms with Crippen molar-refractivity contribution in [2.45, 2.75) is 27.7 Å². The number of hydrogen-bond acceptors (Lipinski definition) is 5. The van der Waals surface area contributed by atoms with Crippen LogP contribution in [0.15, 0.2) is 0 Å². The van der Waals surface area contributed by atoms with E-state index in [2.05, 4.69) is 0 Å². The van der Waals surface area contributed by atoms with Crippen molar-refractivity contribution in [1.29, 1.82) is 0 Å². The Balaban J connectivity index is 3.16. The molecule has 1 aromatic heterocycles. The van der Waals surface area contributed by atoms with Gasteiger partial charge in [0.15, 0.2) is 0 Å². The van der Waals surface area contributed by atoms with Gasteiger partial charge in [-0.05, 0) is 33.3 Å². The second-order valence-electron chi connectivity index (χ2n) is 3.99. The van der Waals surface area contributed by atoms with E-state index in [0.717, 1.165) is 11.3 Å². The molecule has 1 heterocycles. The van der Waals surface area contributed by atoms with E-state index in [0.29, 0.717) is 40.7 Å². The van der Waals surface area contributed by atoms with E-state index in [-0.39, 0.29) is 5.91 Å². The van der Waals surface area contributed by atoms with E-state index in [1.807, 2.05) is 13.8 Å². The summed E-state index contributed by atoms with van der Waals surface area (Å²) in [6, 6.07) is 0. The molecular weight excluding hydrogens is 264 g/mol. The Kier molecular flexibility index (Phi) is 5.35. The number of thiophene rings is 1. The van der Waals surface area contributed by atoms with Crippen molar-refractivity contribution >= 4 is 28.2 Å². The Morgan fingerprint density at radius 1 is 1.26 bits per heavy atom. The first-order valence-corrected chi connectivity index (χ1v) is 7.14. The molecule has 0 radical (unpaired) electrons. The summed E-state index contributed by atoms with van der Waals surface area (Å²) in [5, 5.41) is 0.373. The number of esters is 1. The first-order valence-electron chi connectivity index (χ1n) is 6.33. The number of hydrogen-bond donors (Lipinski definition) is 1. The molecule has 0 bridgehead atoms. The number of anilines is 1. The van der Waals surface area contributed by atoms with Crippen LogP contribution in [-0.2, 0) is 4.74 Å². The zero-order valence-corrected chi connectivity index (χ0v) is 12.6. The third-order valence-corrected chi connectivity index (χ3v) is 4.00. The maximum Gasteiger partial charge on any atom is 0.348 e. The van der Waals surface area contributed by atoms with Crippen LogP contribution in [0.2, 0.25) is 0 Å². The van der Waals surface area contributed by atoms with Crippen molar-refractivity contribution in [3.63, 3.8) is 0 Å². The summed E-state index contributed by atoms with van der Waals surface area (Å²) in [6.07, 6.45) is 0. The second-order valence-corrected chi connectivity index (χ2v) is 5.05. The molecule has 2 N–H and O–H groups in total. The van der Waals surface area contributed by atoms with Gasteiger partial charge in [-0.3, -0.25) is 4.79 Å². The number of amides is 1. The molecule has 0 saturated carbocycles. The molecule has 1 rings (SSSR count). The number of nitrogen functional groups attached to an aromatic ring is 1. The van der Waals surface area contributed by atoms with Crippen molar-refractivity contribution in [2.24, 2.45) is 0 Å². The lowest BCUT2D eigenvalue weighted by molar-refractivity contribution is 0.0531. The third kappa shape index (κ3) is 3.07. The molecule has 0 saturated heterocycles. The van der Waals surface area contributed by atoms with Crippen LogP contribution in [0.5, 0.6) is 0 Å². The summed E-state index contributed by atoms with van der Waals surface area (Å²) in [4.78, 5) is 26.2. The Morgan fingerprint density at radius 3 is 2.32 bits per heavy atom. The zero-order chi connectivity index (χ0) is 14.6. The molecule has 0 unspecified atom stereocenters. The summed E-state index contributed by atoms with van der Waals surface area (Å²) in [6.45, 7) is 8.81. The first kappa shape index (κ1) is 15.5. The maximum atomic E-state index is 12.3. The van der Waals surface area contributed by atoms with Crippen LogP contribution in [-0.4, -0.2) is 36.5 Å². The van der Waals surface area contributed by atoms with Crippen molar-refractivity contribution in [1.82, 2.24) is 4.90 Å². The molecule has 0 aromatic carbocycles. The summed E-state index contributed by atoms with van der Waals surface area (Å²) in [5.41, 5.74) is 6.92. The smallest absolute Gasteiger partial charge is 0.348 e. The number of nitrogens with zero attached hydrogens (tertiary/aromatic N) is 1. The van der Waals surface area contributed by atoms with Gasteiger partial charge in [-0.1, -0.05) is 0 Å². The van der Waals surface area contributed by atoms with Gasteiger partial charge < -0.3 is 15.4 Å². The normalized spacial score (nSPS) is 10.3. The minimum Gasteiger partial charge on any atom is -0.462 e. The van der Waals surface area contributed by atoms with E-state index in [9.17, 15) is 9.59 Å². The molecule has 1 amide bonds. The largest absolute Gasteiger partial charge is 0.462 e. The van der Waals surface area contributed by atoms with Crippen LogP contribution in [0.3, 0.4) is 0 Å². The predicted octanol–water partition coefficient (Wildman–Crippen LogP) is 2.30. The molecule has 0 atom stereocenters. The Morgan fingerprint density at radius 2 is 1.84 bits per heavy atom. The van der Waals surface area contributed by atoms with E-state index in [1.54, 1.807) is 18.7 Å². The fourth-order valence-electron chi connectivity index (χ4n) is 1.86. The highest BCUT2D eigenvalue weighted by Crippen LogP contribution is 2.32. The summed E-state index contributed by atoms with van der Waals surface area (Å²) < 4.78 is 4.96. The highest BCUT2D eigenvalue weighted by molar-refractivity contribution is 7.18. The number of ether oxygens (including phenoxy) is 1. The van der Waals surface area contributed by atoms with Crippen molar-refractivity contribution < 1.29 is 14.3 Å². The van der Waals surface area contributed by atoms with Gasteiger partial charge in [-0.2, -0.15) is 0 Å². The Hall–Kier alpha value is -1.56. The molecule has 0 spiro atoms. The van der Waals surface area contributed by atoms with Gasteiger partial charge in [0.1, 0.15) is 4.88 Å². The molecule has 106 valence electrons. The van der Waals surface area contributed by atoms with Gasteiger partial charge >= 0.3 is 5.97 Å². The van der Waals surface area contributed by atoms with Gasteiger partial charge in [0.05, 0.1) is 17.2 Å². The van der Waals surface area contributed by atoms with E-state index in [4.69, 9.17) is 10.5 Å². The fourth-order valence-corrected chi connectivity index (χ4v) is 2.82. The molecule has 1 aromatic rings. The molecule has 0 aliphatic rings. The average molecular weight is 284 g/mol. The molecular formula is C13H20N2O3S. The SMILES string of the molecule is CCOC(=O)c1sc(N)c(C(=O)N(CC)CC)c1C. The number of carbonyl (C=O) groups excluding carboxylic acids is 2. The fraction of sp³-hybridized carbons (Fsp3) is 0.538. The first-order chi connectivity index (χ1) is 8.97. The summed E-state index contributed by atoms with van der Waals surface area (Å²) in [7, 11) is 0. The van der Waals surface area contributed by atoms with E-state index < -0.39 is 5.97 Å². The van der Waals surface area contributed by atoms with Crippen LogP contribution in [0, 0.1) is 6.92 Å². The van der Waals surface area contributed by atoms with Crippen LogP contribution in [0.25, 0.3) is 0 Å².